The molecule has 0 aliphatic heterocycles. The molecule has 2 rings (SSSR count). The Bertz CT molecular complexity index is 720. The lowest BCUT2D eigenvalue weighted by atomic mass is 10.7. The monoisotopic (exact) mass is 320 g/mol. The summed E-state index contributed by atoms with van der Waals surface area (Å²) in [4.78, 5) is 14.9. The Labute approximate surface area is 117 Å². The van der Waals surface area contributed by atoms with Crippen LogP contribution in [-0.4, -0.2) is 37.0 Å². The fourth-order valence-electron chi connectivity index (χ4n) is 1.51. The summed E-state index contributed by atoms with van der Waals surface area (Å²) in [6.45, 7) is -0.293. The number of hydrogen-bond donors (Lipinski definition) is 4. The number of nitrogens with zero attached hydrogens (tertiary/aromatic N) is 2. The lowest BCUT2D eigenvalue weighted by Crippen LogP contribution is -2.30. The van der Waals surface area contributed by atoms with Gasteiger partial charge in [-0.05, 0) is 0 Å². The molecule has 6 N–H and O–H groups in total. The number of amides is 1. The molecule has 0 radical (unpaired) electrons. The van der Waals surface area contributed by atoms with Gasteiger partial charge in [0.25, 0.3) is 10.0 Å². The Hall–Kier alpha value is -1.89. The Morgan fingerprint density at radius 1 is 1.55 bits per heavy atom. The van der Waals surface area contributed by atoms with Crippen molar-refractivity contribution < 1.29 is 17.9 Å². The van der Waals surface area contributed by atoms with E-state index in [1.807, 2.05) is 0 Å². The van der Waals surface area contributed by atoms with E-state index in [0.29, 0.717) is 4.96 Å². The number of carbonyl (C=O) groups excluding carboxylic acids is 1. The van der Waals surface area contributed by atoms with Gasteiger partial charge in [0.2, 0.25) is 5.03 Å². The molecule has 2 aromatic rings. The van der Waals surface area contributed by atoms with Gasteiger partial charge in [-0.2, -0.15) is 4.98 Å². The molecule has 0 unspecified atom stereocenters. The Morgan fingerprint density at radius 3 is 2.95 bits per heavy atom. The van der Waals surface area contributed by atoms with Crippen molar-refractivity contribution in [2.45, 2.75) is 5.03 Å². The molecule has 1 amide bonds. The van der Waals surface area contributed by atoms with Gasteiger partial charge in [-0.1, -0.05) is 0 Å². The second kappa shape index (κ2) is 5.62. The van der Waals surface area contributed by atoms with Crippen LogP contribution in [0, 0.1) is 0 Å². The van der Waals surface area contributed by atoms with Crippen molar-refractivity contribution in [3.8, 4) is 0 Å². The zero-order valence-electron chi connectivity index (χ0n) is 10.1. The van der Waals surface area contributed by atoms with Crippen molar-refractivity contribution in [2.24, 2.45) is 11.6 Å². The number of ether oxygens (including phenoxy) is 1. The van der Waals surface area contributed by atoms with Gasteiger partial charge >= 0.3 is 6.09 Å². The van der Waals surface area contributed by atoms with Crippen LogP contribution in [0.15, 0.2) is 16.6 Å². The molecule has 110 valence electrons. The van der Waals surface area contributed by atoms with E-state index in [2.05, 4.69) is 19.9 Å². The SMILES string of the molecule is NNc1nc2sccn2c1S(=O)(=O)NCCOC(N)=O. The third-order valence-corrected chi connectivity index (χ3v) is 4.49. The summed E-state index contributed by atoms with van der Waals surface area (Å²) in [5.41, 5.74) is 7.00. The maximum Gasteiger partial charge on any atom is 0.404 e. The summed E-state index contributed by atoms with van der Waals surface area (Å²) in [6, 6.07) is 0. The number of nitrogens with one attached hydrogen (secondary N) is 2. The number of anilines is 1. The topological polar surface area (TPSA) is 154 Å². The molecular weight excluding hydrogens is 308 g/mol. The van der Waals surface area contributed by atoms with Crippen LogP contribution < -0.4 is 21.7 Å². The van der Waals surface area contributed by atoms with Crippen LogP contribution in [-0.2, 0) is 14.8 Å². The molecule has 0 saturated heterocycles. The number of carbonyl (C=O) groups is 1. The lowest BCUT2D eigenvalue weighted by Gasteiger charge is -2.07. The number of fused-ring (bicyclic) bond motifs is 1. The van der Waals surface area contributed by atoms with Gasteiger partial charge in [-0.3, -0.25) is 4.40 Å². The quantitative estimate of drug-likeness (QED) is 0.304. The number of sulfonamides is 1. The van der Waals surface area contributed by atoms with E-state index in [1.165, 1.54) is 15.7 Å². The first-order valence-corrected chi connectivity index (χ1v) is 7.66. The molecule has 0 aliphatic rings. The first-order chi connectivity index (χ1) is 9.45. The first-order valence-electron chi connectivity index (χ1n) is 5.30. The fraction of sp³-hybridized carbons (Fsp3) is 0.250. The van der Waals surface area contributed by atoms with Gasteiger partial charge in [0.15, 0.2) is 10.8 Å². The van der Waals surface area contributed by atoms with Gasteiger partial charge in [-0.15, -0.1) is 11.3 Å². The summed E-state index contributed by atoms with van der Waals surface area (Å²) in [5, 5.41) is 1.58. The number of thiazole rings is 1. The predicted octanol–water partition coefficient (Wildman–Crippen LogP) is -0.945. The minimum atomic E-state index is -3.87. The number of aromatic nitrogens is 2. The van der Waals surface area contributed by atoms with Gasteiger partial charge < -0.3 is 15.9 Å². The average molecular weight is 320 g/mol. The van der Waals surface area contributed by atoms with Crippen molar-refractivity contribution in [3.63, 3.8) is 0 Å². The van der Waals surface area contributed by atoms with Gasteiger partial charge in [0.1, 0.15) is 6.61 Å². The Morgan fingerprint density at radius 2 is 2.30 bits per heavy atom. The third kappa shape index (κ3) is 2.82. The number of hydrogen-bond acceptors (Lipinski definition) is 8. The summed E-state index contributed by atoms with van der Waals surface area (Å²) in [5.74, 6) is 5.29. The van der Waals surface area contributed by atoms with Crippen molar-refractivity contribution >= 4 is 38.2 Å². The highest BCUT2D eigenvalue weighted by Gasteiger charge is 2.25. The Balaban J connectivity index is 2.22. The third-order valence-electron chi connectivity index (χ3n) is 2.25. The van der Waals surface area contributed by atoms with Crippen molar-refractivity contribution in [3.05, 3.63) is 11.6 Å². The molecule has 10 nitrogen and oxygen atoms in total. The van der Waals surface area contributed by atoms with Crippen molar-refractivity contribution in [2.75, 3.05) is 18.6 Å². The predicted molar refractivity (Wildman–Crippen MR) is 71.6 cm³/mol. The molecule has 0 atom stereocenters. The highest BCUT2D eigenvalue weighted by atomic mass is 32.2. The van der Waals surface area contributed by atoms with Crippen LogP contribution >= 0.6 is 11.3 Å². The maximum absolute atomic E-state index is 12.2. The smallest absolute Gasteiger partial charge is 0.404 e. The number of nitrogens with two attached hydrogens (primary N) is 2. The van der Waals surface area contributed by atoms with E-state index in [4.69, 9.17) is 11.6 Å². The largest absolute Gasteiger partial charge is 0.448 e. The normalized spacial score (nSPS) is 11.7. The maximum atomic E-state index is 12.2. The van der Waals surface area contributed by atoms with E-state index in [0.717, 1.165) is 0 Å². The number of hydrazine groups is 1. The summed E-state index contributed by atoms with van der Waals surface area (Å²) in [6.07, 6.45) is 0.584. The molecule has 0 spiro atoms. The first kappa shape index (κ1) is 14.5. The summed E-state index contributed by atoms with van der Waals surface area (Å²) in [7, 11) is -3.87. The number of primary amides is 1. The molecule has 0 fully saturated rings. The minimum absolute atomic E-state index is 0.0279. The lowest BCUT2D eigenvalue weighted by molar-refractivity contribution is 0.159. The van der Waals surface area contributed by atoms with Crippen LogP contribution in [0.5, 0.6) is 0 Å². The molecule has 2 aromatic heterocycles. The van der Waals surface area contributed by atoms with Crippen LogP contribution in [0.2, 0.25) is 0 Å². The van der Waals surface area contributed by atoms with E-state index in [1.54, 1.807) is 11.6 Å². The molecule has 2 heterocycles. The molecule has 0 aromatic carbocycles. The van der Waals surface area contributed by atoms with Crippen LogP contribution in [0.4, 0.5) is 10.6 Å². The number of nitrogen functional groups attached to an aromatic ring is 1. The zero-order chi connectivity index (χ0) is 14.8. The summed E-state index contributed by atoms with van der Waals surface area (Å²) >= 11 is 1.26. The average Bonchev–Trinajstić information content (AvgIpc) is 2.93. The molecule has 12 heteroatoms. The van der Waals surface area contributed by atoms with E-state index in [-0.39, 0.29) is 24.0 Å². The van der Waals surface area contributed by atoms with E-state index < -0.39 is 16.1 Å². The van der Waals surface area contributed by atoms with E-state index in [9.17, 15) is 13.2 Å². The van der Waals surface area contributed by atoms with Gasteiger partial charge in [-0.25, -0.2) is 23.8 Å². The fourth-order valence-corrected chi connectivity index (χ4v) is 3.54. The van der Waals surface area contributed by atoms with E-state index >= 15 is 0 Å². The highest BCUT2D eigenvalue weighted by molar-refractivity contribution is 7.89. The zero-order valence-corrected chi connectivity index (χ0v) is 11.7. The molecule has 20 heavy (non-hydrogen) atoms. The van der Waals surface area contributed by atoms with Gasteiger partial charge in [0.05, 0.1) is 0 Å². The molecule has 0 bridgehead atoms. The molecular formula is C8H12N6O4S2. The molecule has 0 saturated carbocycles. The minimum Gasteiger partial charge on any atom is -0.448 e. The van der Waals surface area contributed by atoms with Crippen LogP contribution in [0.25, 0.3) is 4.96 Å². The van der Waals surface area contributed by atoms with Crippen LogP contribution in [0.3, 0.4) is 0 Å². The number of rotatable bonds is 6. The Kier molecular flexibility index (Phi) is 4.08. The van der Waals surface area contributed by atoms with Crippen LogP contribution in [0.1, 0.15) is 0 Å². The van der Waals surface area contributed by atoms with Crippen molar-refractivity contribution in [1.29, 1.82) is 0 Å². The summed E-state index contributed by atoms with van der Waals surface area (Å²) < 4.78 is 32.5. The highest BCUT2D eigenvalue weighted by Crippen LogP contribution is 2.24. The second-order valence-electron chi connectivity index (χ2n) is 3.53. The van der Waals surface area contributed by atoms with Crippen molar-refractivity contribution in [1.82, 2.24) is 14.1 Å². The second-order valence-corrected chi connectivity index (χ2v) is 6.09. The molecule has 0 aliphatic carbocycles. The van der Waals surface area contributed by atoms with Gasteiger partial charge in [0, 0.05) is 18.1 Å². The standard InChI is InChI=1S/C8H12N6O4S2/c9-7(15)18-3-1-11-20(16,17)6-5(13-10)12-8-14(6)2-4-19-8/h2,4,11,13H,1,3,10H2,(H2,9,15). The number of imidazole rings is 1.